The summed E-state index contributed by atoms with van der Waals surface area (Å²) in [6, 6.07) is 0. The zero-order chi connectivity index (χ0) is 12.8. The molecule has 2 aromatic heterocycles. The average Bonchev–Trinajstić information content (AvgIpc) is 2.88. The Morgan fingerprint density at radius 2 is 1.74 bits per heavy atom. The molecular weight excluding hydrogens is 430 g/mol. The van der Waals surface area contributed by atoms with Crippen LogP contribution in [-0.2, 0) is 6.61 Å². The number of carbonyl (C=O) groups is 1. The number of carbonyl (C=O) groups excluding carboxylic acids is 1. The minimum atomic E-state index is -0.0433. The maximum atomic E-state index is 10.5. The smallest absolute Gasteiger partial charge is 1.00 e. The predicted octanol–water partition coefficient (Wildman–Crippen LogP) is -0.968. The number of hydrogen-bond donors (Lipinski definition) is 1. The Labute approximate surface area is 160 Å². The van der Waals surface area contributed by atoms with Crippen LogP contribution in [-0.4, -0.2) is 39.7 Å². The van der Waals surface area contributed by atoms with Crippen LogP contribution in [0.3, 0.4) is 0 Å². The van der Waals surface area contributed by atoms with Crippen LogP contribution < -0.4 is 29.6 Å². The minimum Gasteiger partial charge on any atom is -1.00 e. The zero-order valence-corrected chi connectivity index (χ0v) is 16.8. The Morgan fingerprint density at radius 1 is 1.21 bits per heavy atom. The van der Waals surface area contributed by atoms with Crippen LogP contribution in [0.25, 0.3) is 0 Å². The first-order valence-corrected chi connectivity index (χ1v) is 7.33. The fraction of sp³-hybridized carbons (Fsp3) is 0.286. The summed E-state index contributed by atoms with van der Waals surface area (Å²) in [6.07, 6.45) is 0. The van der Waals surface area contributed by atoms with Crippen LogP contribution in [0, 0.1) is 0 Å². The number of rotatable bonds is 2. The molecular formula is C7H7BBr2N4NaO2S2. The van der Waals surface area contributed by atoms with Crippen molar-refractivity contribution >= 4 is 68.7 Å². The number of aromatic nitrogens is 4. The van der Waals surface area contributed by atoms with Crippen LogP contribution in [0.2, 0.25) is 0 Å². The molecule has 1 N–H and O–H groups in total. The monoisotopic (exact) mass is 435 g/mol. The van der Waals surface area contributed by atoms with Gasteiger partial charge in [-0.25, -0.2) is 0 Å². The molecule has 0 atom stereocenters. The van der Waals surface area contributed by atoms with Crippen LogP contribution in [0.4, 0.5) is 0 Å². The van der Waals surface area contributed by atoms with Crippen molar-refractivity contribution in [3.05, 3.63) is 17.8 Å². The maximum absolute atomic E-state index is 10.5. The molecule has 0 aliphatic rings. The first-order chi connectivity index (χ1) is 8.02. The zero-order valence-electron chi connectivity index (χ0n) is 11.0. The van der Waals surface area contributed by atoms with E-state index in [0.29, 0.717) is 17.8 Å². The van der Waals surface area contributed by atoms with E-state index in [1.807, 2.05) is 0 Å². The van der Waals surface area contributed by atoms with Gasteiger partial charge in [-0.2, -0.15) is 0 Å². The van der Waals surface area contributed by atoms with Gasteiger partial charge in [0.25, 0.3) is 0 Å². The second-order valence-corrected chi connectivity index (χ2v) is 7.11. The van der Waals surface area contributed by atoms with Crippen LogP contribution >= 0.6 is 54.5 Å². The molecule has 0 amide bonds. The van der Waals surface area contributed by atoms with Crippen molar-refractivity contribution in [3.8, 4) is 0 Å². The Morgan fingerprint density at radius 3 is 1.95 bits per heavy atom. The fourth-order valence-electron chi connectivity index (χ4n) is 0.645. The summed E-state index contributed by atoms with van der Waals surface area (Å²) in [4.78, 5) is 10.5. The van der Waals surface area contributed by atoms with Gasteiger partial charge in [0.15, 0.2) is 18.6 Å². The molecule has 0 aromatic carbocycles. The number of hydrogen-bond acceptors (Lipinski definition) is 8. The molecule has 0 aliphatic heterocycles. The third-order valence-corrected chi connectivity index (χ3v) is 4.08. The van der Waals surface area contributed by atoms with E-state index in [1.54, 1.807) is 0 Å². The number of halogens is 2. The first kappa shape index (κ1) is 22.1. The largest absolute Gasteiger partial charge is 1.00 e. The number of aliphatic hydroxyl groups excluding tert-OH is 1. The molecule has 2 aromatic rings. The quantitative estimate of drug-likeness (QED) is 0.481. The Balaban J connectivity index is -0.000000252. The molecule has 0 unspecified atom stereocenters. The number of Topliss-reactive ketones (excluding diaryl/α,β-unsaturated/α-hetero) is 1. The van der Waals surface area contributed by atoms with Crippen molar-refractivity contribution in [1.82, 2.24) is 20.4 Å². The van der Waals surface area contributed by atoms with Crippen molar-refractivity contribution < 1.29 is 40.9 Å². The van der Waals surface area contributed by atoms with E-state index >= 15 is 0 Å². The van der Waals surface area contributed by atoms with E-state index in [2.05, 4.69) is 52.3 Å². The van der Waals surface area contributed by atoms with Crippen molar-refractivity contribution in [2.75, 3.05) is 0 Å². The standard InChI is InChI=1S/C4H3BrN2OS.C3H3BrN2OS.B.Na.H/c1-2(8)3-6-7-4(5)9-3;4-3-6-5-2(1-7)8-3;;;/h1H3;7H,1H2;;;/q;;;+1;-1. The van der Waals surface area contributed by atoms with Gasteiger partial charge >= 0.3 is 29.6 Å². The predicted molar refractivity (Wildman–Crippen MR) is 78.0 cm³/mol. The van der Waals surface area contributed by atoms with Gasteiger partial charge in [-0.05, 0) is 31.9 Å². The molecule has 2 rings (SSSR count). The normalized spacial score (nSPS) is 8.63. The van der Waals surface area contributed by atoms with Gasteiger partial charge in [0, 0.05) is 15.3 Å². The van der Waals surface area contributed by atoms with E-state index in [9.17, 15) is 4.79 Å². The summed E-state index contributed by atoms with van der Waals surface area (Å²) in [6.45, 7) is 1.44. The van der Waals surface area contributed by atoms with Crippen molar-refractivity contribution in [1.29, 1.82) is 0 Å². The van der Waals surface area contributed by atoms with E-state index in [1.165, 1.54) is 29.6 Å². The molecule has 19 heavy (non-hydrogen) atoms. The van der Waals surface area contributed by atoms with E-state index in [-0.39, 0.29) is 51.8 Å². The molecule has 0 spiro atoms. The Hall–Kier alpha value is 0.775. The molecule has 0 aliphatic carbocycles. The second kappa shape index (κ2) is 11.4. The fourth-order valence-corrected chi connectivity index (χ4v) is 2.71. The molecule has 2 heterocycles. The SMILES string of the molecule is CC(=O)c1nnc(Br)s1.OCc1nnc(Br)s1.[B].[H-].[Na+]. The maximum Gasteiger partial charge on any atom is 1.00 e. The molecule has 3 radical (unpaired) electrons. The second-order valence-electron chi connectivity index (χ2n) is 2.52. The number of aliphatic hydroxyl groups is 1. The molecule has 0 saturated carbocycles. The molecule has 0 bridgehead atoms. The van der Waals surface area contributed by atoms with Gasteiger partial charge in [-0.15, -0.1) is 20.4 Å². The molecule has 97 valence electrons. The van der Waals surface area contributed by atoms with Gasteiger partial charge < -0.3 is 6.53 Å². The summed E-state index contributed by atoms with van der Waals surface area (Å²) < 4.78 is 1.36. The van der Waals surface area contributed by atoms with Crippen molar-refractivity contribution in [3.63, 3.8) is 0 Å². The topological polar surface area (TPSA) is 88.9 Å². The first-order valence-electron chi connectivity index (χ1n) is 4.11. The van der Waals surface area contributed by atoms with Gasteiger partial charge in [-0.3, -0.25) is 4.79 Å². The molecule has 6 nitrogen and oxygen atoms in total. The molecule has 0 saturated heterocycles. The minimum absolute atomic E-state index is 0. The summed E-state index contributed by atoms with van der Waals surface area (Å²) >= 11 is 8.77. The van der Waals surface area contributed by atoms with E-state index in [4.69, 9.17) is 5.11 Å². The van der Waals surface area contributed by atoms with E-state index in [0.717, 1.165) is 0 Å². The summed E-state index contributed by atoms with van der Waals surface area (Å²) in [5, 5.41) is 23.9. The Bertz CT molecular complexity index is 518. The van der Waals surface area contributed by atoms with Crippen LogP contribution in [0.1, 0.15) is 23.2 Å². The van der Waals surface area contributed by atoms with Crippen LogP contribution in [0.15, 0.2) is 7.83 Å². The molecule has 12 heteroatoms. The average molecular weight is 437 g/mol. The van der Waals surface area contributed by atoms with Gasteiger partial charge in [0.05, 0.1) is 6.61 Å². The molecule has 0 fully saturated rings. The van der Waals surface area contributed by atoms with Crippen molar-refractivity contribution in [2.24, 2.45) is 0 Å². The van der Waals surface area contributed by atoms with Gasteiger partial charge in [0.1, 0.15) is 5.01 Å². The third-order valence-electron chi connectivity index (χ3n) is 1.28. The van der Waals surface area contributed by atoms with Crippen LogP contribution in [0.5, 0.6) is 0 Å². The summed E-state index contributed by atoms with van der Waals surface area (Å²) in [5.41, 5.74) is 0. The van der Waals surface area contributed by atoms with Crippen molar-refractivity contribution in [2.45, 2.75) is 13.5 Å². The number of nitrogens with zero attached hydrogens (tertiary/aromatic N) is 4. The Kier molecular flexibility index (Phi) is 13.3. The third kappa shape index (κ3) is 8.61. The summed E-state index contributed by atoms with van der Waals surface area (Å²) in [5.74, 6) is -0.0433. The van der Waals surface area contributed by atoms with E-state index < -0.39 is 0 Å². The van der Waals surface area contributed by atoms with Gasteiger partial charge in [0.2, 0.25) is 0 Å². The number of ketones is 1. The van der Waals surface area contributed by atoms with Gasteiger partial charge in [-0.1, -0.05) is 22.7 Å². The summed E-state index contributed by atoms with van der Waals surface area (Å²) in [7, 11) is 0.